The van der Waals surface area contributed by atoms with E-state index >= 15 is 0 Å². The van der Waals surface area contributed by atoms with Crippen molar-refractivity contribution in [1.82, 2.24) is 10.6 Å². The molecule has 3 aliphatic rings. The van der Waals surface area contributed by atoms with E-state index in [0.717, 1.165) is 45.2 Å². The van der Waals surface area contributed by atoms with Gasteiger partial charge in [-0.3, -0.25) is 4.79 Å². The van der Waals surface area contributed by atoms with Crippen LogP contribution in [0.1, 0.15) is 44.9 Å². The molecule has 2 saturated carbocycles. The standard InChI is InChI=1S/C15H26N2O2/c18-10-11-3-1-2-4-13(11)17-14(19)12-9-15(12)5-7-16-8-6-15/h11-13,16,18H,1-10H2,(H,17,19)/t11-,12+,13-/m1/s1. The van der Waals surface area contributed by atoms with Crippen molar-refractivity contribution in [3.63, 3.8) is 0 Å². The van der Waals surface area contributed by atoms with Crippen molar-refractivity contribution < 1.29 is 9.90 Å². The van der Waals surface area contributed by atoms with Crippen molar-refractivity contribution in [3.8, 4) is 0 Å². The van der Waals surface area contributed by atoms with Crippen molar-refractivity contribution in [3.05, 3.63) is 0 Å². The molecule has 4 nitrogen and oxygen atoms in total. The Kier molecular flexibility index (Phi) is 3.81. The van der Waals surface area contributed by atoms with Crippen LogP contribution in [0.2, 0.25) is 0 Å². The molecule has 3 N–H and O–H groups in total. The zero-order chi connectivity index (χ0) is 13.3. The van der Waals surface area contributed by atoms with E-state index in [1.165, 1.54) is 12.8 Å². The van der Waals surface area contributed by atoms with Gasteiger partial charge in [0.15, 0.2) is 0 Å². The summed E-state index contributed by atoms with van der Waals surface area (Å²) in [5, 5.41) is 16.0. The Balaban J connectivity index is 1.54. The van der Waals surface area contributed by atoms with E-state index in [1.807, 2.05) is 0 Å². The Morgan fingerprint density at radius 2 is 2.00 bits per heavy atom. The van der Waals surface area contributed by atoms with Gasteiger partial charge < -0.3 is 15.7 Å². The molecule has 19 heavy (non-hydrogen) atoms. The van der Waals surface area contributed by atoms with Gasteiger partial charge >= 0.3 is 0 Å². The maximum atomic E-state index is 12.4. The van der Waals surface area contributed by atoms with Crippen molar-refractivity contribution >= 4 is 5.91 Å². The highest BCUT2D eigenvalue weighted by atomic mass is 16.3. The normalized spacial score (nSPS) is 37.0. The number of aliphatic hydroxyl groups excluding tert-OH is 1. The minimum absolute atomic E-state index is 0.213. The molecule has 0 aromatic rings. The average molecular weight is 266 g/mol. The molecule has 0 radical (unpaired) electrons. The van der Waals surface area contributed by atoms with Gasteiger partial charge in [0.25, 0.3) is 0 Å². The second kappa shape index (κ2) is 5.41. The molecule has 1 amide bonds. The lowest BCUT2D eigenvalue weighted by molar-refractivity contribution is -0.124. The molecule has 108 valence electrons. The van der Waals surface area contributed by atoms with E-state index in [0.29, 0.717) is 5.41 Å². The van der Waals surface area contributed by atoms with Gasteiger partial charge in [0.05, 0.1) is 0 Å². The van der Waals surface area contributed by atoms with Crippen molar-refractivity contribution in [2.75, 3.05) is 19.7 Å². The highest BCUT2D eigenvalue weighted by Gasteiger charge is 2.57. The molecule has 2 aliphatic carbocycles. The molecule has 3 atom stereocenters. The first-order valence-corrected chi connectivity index (χ1v) is 7.87. The number of rotatable bonds is 3. The number of hydrogen-bond acceptors (Lipinski definition) is 3. The van der Waals surface area contributed by atoms with Crippen molar-refractivity contribution in [2.45, 2.75) is 51.0 Å². The van der Waals surface area contributed by atoms with Crippen molar-refractivity contribution in [1.29, 1.82) is 0 Å². The largest absolute Gasteiger partial charge is 0.396 e. The predicted octanol–water partition coefficient (Wildman–Crippen LogP) is 1.04. The Bertz CT molecular complexity index is 339. The Morgan fingerprint density at radius 3 is 2.74 bits per heavy atom. The molecular weight excluding hydrogens is 240 g/mol. The summed E-state index contributed by atoms with van der Waals surface area (Å²) < 4.78 is 0. The van der Waals surface area contributed by atoms with E-state index in [2.05, 4.69) is 10.6 Å². The summed E-state index contributed by atoms with van der Waals surface area (Å²) in [4.78, 5) is 12.4. The van der Waals surface area contributed by atoms with Crippen LogP contribution in [-0.4, -0.2) is 36.8 Å². The van der Waals surface area contributed by atoms with Crippen LogP contribution in [0.25, 0.3) is 0 Å². The third kappa shape index (κ3) is 2.65. The number of carbonyl (C=O) groups excluding carboxylic acids is 1. The fourth-order valence-electron chi connectivity index (χ4n) is 4.10. The van der Waals surface area contributed by atoms with Gasteiger partial charge in [-0.15, -0.1) is 0 Å². The highest BCUT2D eigenvalue weighted by Crippen LogP contribution is 2.58. The summed E-state index contributed by atoms with van der Waals surface area (Å²) in [6, 6.07) is 0.214. The van der Waals surface area contributed by atoms with E-state index in [9.17, 15) is 9.90 Å². The van der Waals surface area contributed by atoms with Crippen LogP contribution in [0.5, 0.6) is 0 Å². The molecule has 4 heteroatoms. The van der Waals surface area contributed by atoms with Crippen LogP contribution in [-0.2, 0) is 4.79 Å². The average Bonchev–Trinajstić information content (AvgIpc) is 3.14. The maximum Gasteiger partial charge on any atom is 0.223 e. The smallest absolute Gasteiger partial charge is 0.223 e. The minimum atomic E-state index is 0.213. The van der Waals surface area contributed by atoms with Gasteiger partial charge in [0.2, 0.25) is 5.91 Å². The van der Waals surface area contributed by atoms with Crippen molar-refractivity contribution in [2.24, 2.45) is 17.3 Å². The topological polar surface area (TPSA) is 61.4 Å². The summed E-state index contributed by atoms with van der Waals surface area (Å²) in [5.41, 5.74) is 0.318. The first-order chi connectivity index (χ1) is 9.25. The molecule has 3 rings (SSSR count). The molecule has 3 fully saturated rings. The highest BCUT2D eigenvalue weighted by molar-refractivity contribution is 5.83. The molecule has 1 aliphatic heterocycles. The molecule has 0 bridgehead atoms. The summed E-state index contributed by atoms with van der Waals surface area (Å²) in [7, 11) is 0. The van der Waals surface area contributed by atoms with Gasteiger partial charge in [-0.1, -0.05) is 12.8 Å². The Hall–Kier alpha value is -0.610. The zero-order valence-electron chi connectivity index (χ0n) is 11.7. The third-order valence-electron chi connectivity index (χ3n) is 5.58. The third-order valence-corrected chi connectivity index (χ3v) is 5.58. The van der Waals surface area contributed by atoms with Gasteiger partial charge in [0, 0.05) is 24.5 Å². The quantitative estimate of drug-likeness (QED) is 0.715. The number of piperidine rings is 1. The molecule has 1 heterocycles. The maximum absolute atomic E-state index is 12.4. The van der Waals surface area contributed by atoms with Crippen LogP contribution < -0.4 is 10.6 Å². The van der Waals surface area contributed by atoms with E-state index in [1.54, 1.807) is 0 Å². The van der Waals surface area contributed by atoms with E-state index < -0.39 is 0 Å². The monoisotopic (exact) mass is 266 g/mol. The second-order valence-corrected chi connectivity index (χ2v) is 6.71. The van der Waals surface area contributed by atoms with Crippen LogP contribution in [0.3, 0.4) is 0 Å². The lowest BCUT2D eigenvalue weighted by atomic mass is 9.84. The van der Waals surface area contributed by atoms with Gasteiger partial charge in [0.1, 0.15) is 0 Å². The minimum Gasteiger partial charge on any atom is -0.396 e. The summed E-state index contributed by atoms with van der Waals surface area (Å²) >= 11 is 0. The first kappa shape index (κ1) is 13.4. The van der Waals surface area contributed by atoms with Crippen LogP contribution in [0.15, 0.2) is 0 Å². The van der Waals surface area contributed by atoms with Gasteiger partial charge in [-0.05, 0) is 50.6 Å². The van der Waals surface area contributed by atoms with Gasteiger partial charge in [-0.25, -0.2) is 0 Å². The number of nitrogens with one attached hydrogen (secondary N) is 2. The summed E-state index contributed by atoms with van der Waals surface area (Å²) in [5.74, 6) is 0.781. The fraction of sp³-hybridized carbons (Fsp3) is 0.933. The lowest BCUT2D eigenvalue weighted by Gasteiger charge is -2.31. The van der Waals surface area contributed by atoms with Crippen LogP contribution in [0, 0.1) is 17.3 Å². The van der Waals surface area contributed by atoms with E-state index in [-0.39, 0.29) is 30.4 Å². The SMILES string of the molecule is O=C(N[C@@H]1CCCC[C@@H]1CO)[C@@H]1CC12CCNCC2. The number of hydrogen-bond donors (Lipinski definition) is 3. The molecule has 1 spiro atoms. The second-order valence-electron chi connectivity index (χ2n) is 6.71. The summed E-state index contributed by atoms with van der Waals surface area (Å²) in [6.07, 6.45) is 7.85. The van der Waals surface area contributed by atoms with Crippen LogP contribution >= 0.6 is 0 Å². The molecule has 1 saturated heterocycles. The summed E-state index contributed by atoms with van der Waals surface area (Å²) in [6.45, 7) is 2.34. The Labute approximate surface area is 115 Å². The number of carbonyl (C=O) groups is 1. The molecular formula is C15H26N2O2. The number of aliphatic hydroxyl groups is 1. The molecule has 0 unspecified atom stereocenters. The van der Waals surface area contributed by atoms with Crippen LogP contribution in [0.4, 0.5) is 0 Å². The predicted molar refractivity (Wildman–Crippen MR) is 73.6 cm³/mol. The van der Waals surface area contributed by atoms with E-state index in [4.69, 9.17) is 0 Å². The number of amides is 1. The lowest BCUT2D eigenvalue weighted by Crippen LogP contribution is -2.45. The Morgan fingerprint density at radius 1 is 1.26 bits per heavy atom. The fourth-order valence-corrected chi connectivity index (χ4v) is 4.10. The first-order valence-electron chi connectivity index (χ1n) is 7.87. The zero-order valence-corrected chi connectivity index (χ0v) is 11.7. The van der Waals surface area contributed by atoms with Gasteiger partial charge in [-0.2, -0.15) is 0 Å². The molecule has 0 aromatic carbocycles. The molecule has 0 aromatic heterocycles.